The summed E-state index contributed by atoms with van der Waals surface area (Å²) in [6, 6.07) is 3.71. The van der Waals surface area contributed by atoms with Crippen LogP contribution in [-0.4, -0.2) is 19.0 Å². The second-order valence-electron chi connectivity index (χ2n) is 4.72. The summed E-state index contributed by atoms with van der Waals surface area (Å²) in [5.41, 5.74) is -1.04. The Labute approximate surface area is 123 Å². The molecule has 0 aromatic heterocycles. The maximum atomic E-state index is 12.9. The average molecular weight is 351 g/mol. The van der Waals surface area contributed by atoms with Gasteiger partial charge in [-0.3, -0.25) is 4.79 Å². The summed E-state index contributed by atoms with van der Waals surface area (Å²) < 4.78 is 39.1. The molecule has 1 aromatic rings. The number of amides is 1. The van der Waals surface area contributed by atoms with Crippen LogP contribution in [0.1, 0.15) is 18.4 Å². The van der Waals surface area contributed by atoms with E-state index in [0.29, 0.717) is 17.4 Å². The molecule has 1 amide bonds. The van der Waals surface area contributed by atoms with E-state index < -0.39 is 11.7 Å². The van der Waals surface area contributed by atoms with E-state index in [4.69, 9.17) is 0 Å². The highest BCUT2D eigenvalue weighted by molar-refractivity contribution is 9.10. The molecule has 1 unspecified atom stereocenters. The molecular weight excluding hydrogens is 337 g/mol. The Morgan fingerprint density at radius 1 is 1.40 bits per heavy atom. The fourth-order valence-corrected chi connectivity index (χ4v) is 2.53. The SMILES string of the molecule is O=C(Nc1ccc(Br)cc1C(F)(F)F)C1CCCNC1. The van der Waals surface area contributed by atoms with Crippen molar-refractivity contribution in [3.63, 3.8) is 0 Å². The third-order valence-corrected chi connectivity index (χ3v) is 3.71. The van der Waals surface area contributed by atoms with Crippen molar-refractivity contribution in [2.45, 2.75) is 19.0 Å². The van der Waals surface area contributed by atoms with Crippen LogP contribution in [0.25, 0.3) is 0 Å². The summed E-state index contributed by atoms with van der Waals surface area (Å²) in [4.78, 5) is 12.0. The lowest BCUT2D eigenvalue weighted by atomic mass is 9.98. The molecule has 110 valence electrons. The van der Waals surface area contributed by atoms with E-state index in [0.717, 1.165) is 19.0 Å². The molecule has 2 rings (SSSR count). The van der Waals surface area contributed by atoms with E-state index in [2.05, 4.69) is 26.6 Å². The highest BCUT2D eigenvalue weighted by atomic mass is 79.9. The fraction of sp³-hybridized carbons (Fsp3) is 0.462. The van der Waals surface area contributed by atoms with Crippen molar-refractivity contribution >= 4 is 27.5 Å². The summed E-state index contributed by atoms with van der Waals surface area (Å²) in [6.07, 6.45) is -2.96. The zero-order valence-electron chi connectivity index (χ0n) is 10.6. The first-order valence-electron chi connectivity index (χ1n) is 6.26. The maximum Gasteiger partial charge on any atom is 0.418 e. The van der Waals surface area contributed by atoms with Crippen LogP contribution in [0.3, 0.4) is 0 Å². The zero-order valence-corrected chi connectivity index (χ0v) is 12.1. The molecule has 20 heavy (non-hydrogen) atoms. The van der Waals surface area contributed by atoms with Crippen LogP contribution >= 0.6 is 15.9 Å². The molecule has 1 heterocycles. The Kier molecular flexibility index (Phi) is 4.70. The van der Waals surface area contributed by atoms with Crippen LogP contribution in [-0.2, 0) is 11.0 Å². The second-order valence-corrected chi connectivity index (χ2v) is 5.64. The number of carbonyl (C=O) groups excluding carboxylic acids is 1. The van der Waals surface area contributed by atoms with Crippen LogP contribution in [0.4, 0.5) is 18.9 Å². The van der Waals surface area contributed by atoms with Crippen molar-refractivity contribution in [3.8, 4) is 0 Å². The van der Waals surface area contributed by atoms with Gasteiger partial charge in [-0.05, 0) is 37.6 Å². The standard InChI is InChI=1S/C13H14BrF3N2O/c14-9-3-4-11(10(6-9)13(15,16)17)19-12(20)8-2-1-5-18-7-8/h3-4,6,8,18H,1-2,5,7H2,(H,19,20). The van der Waals surface area contributed by atoms with Gasteiger partial charge in [0, 0.05) is 11.0 Å². The molecule has 3 nitrogen and oxygen atoms in total. The van der Waals surface area contributed by atoms with E-state index in [-0.39, 0.29) is 17.5 Å². The molecule has 0 aliphatic carbocycles. The van der Waals surface area contributed by atoms with Crippen molar-refractivity contribution in [2.75, 3.05) is 18.4 Å². The van der Waals surface area contributed by atoms with Crippen molar-refractivity contribution in [1.29, 1.82) is 0 Å². The van der Waals surface area contributed by atoms with E-state index in [1.165, 1.54) is 12.1 Å². The van der Waals surface area contributed by atoms with Gasteiger partial charge >= 0.3 is 6.18 Å². The lowest BCUT2D eigenvalue weighted by molar-refractivity contribution is -0.137. The molecule has 1 fully saturated rings. The Morgan fingerprint density at radius 3 is 2.75 bits per heavy atom. The number of nitrogens with one attached hydrogen (secondary N) is 2. The van der Waals surface area contributed by atoms with Crippen LogP contribution in [0, 0.1) is 5.92 Å². The molecule has 1 atom stereocenters. The molecule has 2 N–H and O–H groups in total. The summed E-state index contributed by atoms with van der Waals surface area (Å²) in [6.45, 7) is 1.35. The van der Waals surface area contributed by atoms with Crippen molar-refractivity contribution < 1.29 is 18.0 Å². The molecule has 0 spiro atoms. The van der Waals surface area contributed by atoms with E-state index in [1.807, 2.05) is 0 Å². The molecule has 1 aliphatic heterocycles. The van der Waals surface area contributed by atoms with Gasteiger partial charge in [-0.15, -0.1) is 0 Å². The van der Waals surface area contributed by atoms with Crippen LogP contribution < -0.4 is 10.6 Å². The molecule has 0 radical (unpaired) electrons. The van der Waals surface area contributed by atoms with Crippen molar-refractivity contribution in [3.05, 3.63) is 28.2 Å². The highest BCUT2D eigenvalue weighted by Gasteiger charge is 2.34. The predicted molar refractivity (Wildman–Crippen MR) is 73.4 cm³/mol. The smallest absolute Gasteiger partial charge is 0.325 e. The first-order chi connectivity index (χ1) is 9.38. The first-order valence-corrected chi connectivity index (χ1v) is 7.05. The predicted octanol–water partition coefficient (Wildman–Crippen LogP) is 3.41. The third-order valence-electron chi connectivity index (χ3n) is 3.21. The van der Waals surface area contributed by atoms with Gasteiger partial charge in [-0.25, -0.2) is 0 Å². The van der Waals surface area contributed by atoms with Gasteiger partial charge in [0.1, 0.15) is 0 Å². The van der Waals surface area contributed by atoms with Gasteiger partial charge in [0.2, 0.25) is 5.91 Å². The highest BCUT2D eigenvalue weighted by Crippen LogP contribution is 2.36. The fourth-order valence-electron chi connectivity index (χ4n) is 2.17. The number of anilines is 1. The minimum Gasteiger partial charge on any atom is -0.325 e. The van der Waals surface area contributed by atoms with Gasteiger partial charge in [-0.1, -0.05) is 15.9 Å². The summed E-state index contributed by atoms with van der Waals surface area (Å²) >= 11 is 3.01. The average Bonchev–Trinajstić information content (AvgIpc) is 2.40. The number of halogens is 4. The molecule has 1 aromatic carbocycles. The Morgan fingerprint density at radius 2 is 2.15 bits per heavy atom. The Balaban J connectivity index is 2.18. The summed E-state index contributed by atoms with van der Waals surface area (Å²) in [5, 5.41) is 5.46. The Bertz CT molecular complexity index is 499. The van der Waals surface area contributed by atoms with Gasteiger partial charge < -0.3 is 10.6 Å². The van der Waals surface area contributed by atoms with E-state index in [1.54, 1.807) is 0 Å². The van der Waals surface area contributed by atoms with E-state index >= 15 is 0 Å². The van der Waals surface area contributed by atoms with Gasteiger partial charge in [-0.2, -0.15) is 13.2 Å². The van der Waals surface area contributed by atoms with Crippen LogP contribution in [0.2, 0.25) is 0 Å². The number of hydrogen-bond donors (Lipinski definition) is 2. The monoisotopic (exact) mass is 350 g/mol. The van der Waals surface area contributed by atoms with E-state index in [9.17, 15) is 18.0 Å². The second kappa shape index (κ2) is 6.13. The zero-order chi connectivity index (χ0) is 14.8. The minimum absolute atomic E-state index is 0.198. The molecular formula is C13H14BrF3N2O. The lowest BCUT2D eigenvalue weighted by Crippen LogP contribution is -2.37. The number of piperidine rings is 1. The number of rotatable bonds is 2. The number of alkyl halides is 3. The van der Waals surface area contributed by atoms with Gasteiger partial charge in [0.15, 0.2) is 0 Å². The Hall–Kier alpha value is -1.08. The number of benzene rings is 1. The van der Waals surface area contributed by atoms with Gasteiger partial charge in [0.05, 0.1) is 17.2 Å². The molecule has 7 heteroatoms. The minimum atomic E-state index is -4.50. The maximum absolute atomic E-state index is 12.9. The number of carbonyl (C=O) groups is 1. The normalized spacial score (nSPS) is 19.7. The molecule has 0 bridgehead atoms. The number of hydrogen-bond acceptors (Lipinski definition) is 2. The molecule has 1 saturated heterocycles. The van der Waals surface area contributed by atoms with Gasteiger partial charge in [0.25, 0.3) is 0 Å². The quantitative estimate of drug-likeness (QED) is 0.858. The molecule has 1 aliphatic rings. The summed E-state index contributed by atoms with van der Waals surface area (Å²) in [7, 11) is 0. The van der Waals surface area contributed by atoms with Crippen molar-refractivity contribution in [2.24, 2.45) is 5.92 Å². The molecule has 0 saturated carbocycles. The largest absolute Gasteiger partial charge is 0.418 e. The van der Waals surface area contributed by atoms with Crippen LogP contribution in [0.5, 0.6) is 0 Å². The summed E-state index contributed by atoms with van der Waals surface area (Å²) in [5.74, 6) is -0.654. The third kappa shape index (κ3) is 3.73. The topological polar surface area (TPSA) is 41.1 Å². The van der Waals surface area contributed by atoms with Crippen LogP contribution in [0.15, 0.2) is 22.7 Å². The lowest BCUT2D eigenvalue weighted by Gasteiger charge is -2.23. The first kappa shape index (κ1) is 15.3. The van der Waals surface area contributed by atoms with Crippen molar-refractivity contribution in [1.82, 2.24) is 5.32 Å².